The van der Waals surface area contributed by atoms with Gasteiger partial charge in [0.2, 0.25) is 0 Å². The second-order valence-corrected chi connectivity index (χ2v) is 6.87. The molecule has 9 heteroatoms. The van der Waals surface area contributed by atoms with Crippen LogP contribution in [0, 0.1) is 0 Å². The van der Waals surface area contributed by atoms with E-state index in [0.717, 1.165) is 10.0 Å². The van der Waals surface area contributed by atoms with Gasteiger partial charge in [0, 0.05) is 15.6 Å². The molecule has 0 atom stereocenters. The summed E-state index contributed by atoms with van der Waals surface area (Å²) in [6.07, 6.45) is 0. The largest absolute Gasteiger partial charge is 0.489 e. The Morgan fingerprint density at radius 3 is 2.38 bits per heavy atom. The third kappa shape index (κ3) is 4.14. The highest BCUT2D eigenvalue weighted by Crippen LogP contribution is 2.31. The van der Waals surface area contributed by atoms with Gasteiger partial charge in [-0.1, -0.05) is 46.3 Å². The van der Waals surface area contributed by atoms with Crippen molar-refractivity contribution in [3.63, 3.8) is 0 Å². The normalized spacial score (nSPS) is 10.5. The predicted molar refractivity (Wildman–Crippen MR) is 109 cm³/mol. The molecule has 0 aliphatic rings. The van der Waals surface area contributed by atoms with Gasteiger partial charge in [-0.3, -0.25) is 4.79 Å². The van der Waals surface area contributed by atoms with E-state index in [1.807, 2.05) is 24.3 Å². The van der Waals surface area contributed by atoms with Crippen molar-refractivity contribution >= 4 is 33.7 Å². The molecular weight excluding hydrogens is 444 g/mol. The van der Waals surface area contributed by atoms with E-state index >= 15 is 0 Å². The predicted octanol–water partition coefficient (Wildman–Crippen LogP) is 3.36. The Morgan fingerprint density at radius 1 is 1.03 bits per heavy atom. The van der Waals surface area contributed by atoms with Gasteiger partial charge in [0.1, 0.15) is 29.3 Å². The molecule has 1 aromatic heterocycles. The molecule has 0 bridgehead atoms. The highest BCUT2D eigenvalue weighted by Gasteiger charge is 2.26. The molecule has 1 heterocycles. The van der Waals surface area contributed by atoms with Crippen molar-refractivity contribution in [1.82, 2.24) is 4.98 Å². The number of anilines is 1. The molecule has 0 spiro atoms. The number of carboxylic acids is 2. The lowest BCUT2D eigenvalue weighted by Crippen LogP contribution is -2.24. The van der Waals surface area contributed by atoms with Crippen molar-refractivity contribution in [3.8, 4) is 16.9 Å². The standard InChI is InChI=1S/C20H15BrN2O6/c21-13-7-2-1-4-11(13)9-29-12-6-3-5-10(8-12)14-15(19(25)26)17(22)23-18(24)16(14)20(27)28/h1-8H,9H2,(H,25,26)(H,27,28)(H3,22,23,24). The first kappa shape index (κ1) is 20.2. The highest BCUT2D eigenvalue weighted by molar-refractivity contribution is 9.10. The topological polar surface area (TPSA) is 143 Å². The average Bonchev–Trinajstić information content (AvgIpc) is 2.66. The summed E-state index contributed by atoms with van der Waals surface area (Å²) >= 11 is 3.43. The molecule has 0 radical (unpaired) electrons. The Hall–Kier alpha value is -3.59. The van der Waals surface area contributed by atoms with Crippen molar-refractivity contribution in [3.05, 3.63) is 80.0 Å². The third-order valence-corrected chi connectivity index (χ3v) is 4.92. The van der Waals surface area contributed by atoms with Gasteiger partial charge in [0.25, 0.3) is 5.56 Å². The summed E-state index contributed by atoms with van der Waals surface area (Å²) in [6.45, 7) is 0.222. The number of nitrogen functional groups attached to an aromatic ring is 1. The smallest absolute Gasteiger partial charge is 0.342 e. The number of nitrogens with one attached hydrogen (secondary N) is 1. The molecule has 0 aliphatic heterocycles. The van der Waals surface area contributed by atoms with Gasteiger partial charge in [-0.2, -0.15) is 0 Å². The summed E-state index contributed by atoms with van der Waals surface area (Å²) in [5, 5.41) is 19.0. The fourth-order valence-corrected chi connectivity index (χ4v) is 3.25. The minimum Gasteiger partial charge on any atom is -0.489 e. The van der Waals surface area contributed by atoms with Gasteiger partial charge in [-0.25, -0.2) is 9.59 Å². The van der Waals surface area contributed by atoms with E-state index in [9.17, 15) is 24.6 Å². The molecule has 0 fully saturated rings. The molecule has 0 amide bonds. The zero-order chi connectivity index (χ0) is 21.1. The van der Waals surface area contributed by atoms with Crippen LogP contribution in [-0.2, 0) is 6.61 Å². The Bertz CT molecular complexity index is 1170. The second-order valence-electron chi connectivity index (χ2n) is 6.01. The van der Waals surface area contributed by atoms with E-state index in [1.165, 1.54) is 12.1 Å². The average molecular weight is 459 g/mol. The maximum atomic E-state index is 12.1. The van der Waals surface area contributed by atoms with Gasteiger partial charge in [-0.15, -0.1) is 0 Å². The molecule has 29 heavy (non-hydrogen) atoms. The molecule has 5 N–H and O–H groups in total. The first-order chi connectivity index (χ1) is 13.8. The summed E-state index contributed by atoms with van der Waals surface area (Å²) in [7, 11) is 0. The number of rotatable bonds is 6. The van der Waals surface area contributed by atoms with Gasteiger partial charge in [-0.05, 0) is 23.8 Å². The molecule has 0 saturated heterocycles. The summed E-state index contributed by atoms with van der Waals surface area (Å²) in [4.78, 5) is 37.6. The number of pyridine rings is 1. The minimum absolute atomic E-state index is 0.183. The zero-order valence-corrected chi connectivity index (χ0v) is 16.4. The lowest BCUT2D eigenvalue weighted by atomic mass is 9.95. The van der Waals surface area contributed by atoms with Crippen LogP contribution in [0.1, 0.15) is 26.3 Å². The lowest BCUT2D eigenvalue weighted by molar-refractivity contribution is 0.0695. The van der Waals surface area contributed by atoms with Gasteiger partial charge in [0.05, 0.1) is 0 Å². The number of H-pyrrole nitrogens is 1. The zero-order valence-electron chi connectivity index (χ0n) is 14.8. The first-order valence-electron chi connectivity index (χ1n) is 8.28. The number of carboxylic acid groups (broad SMARTS) is 2. The van der Waals surface area contributed by atoms with Crippen LogP contribution in [0.2, 0.25) is 0 Å². The molecule has 148 valence electrons. The number of nitrogens with two attached hydrogens (primary N) is 1. The number of aromatic carboxylic acids is 2. The number of ether oxygens (including phenoxy) is 1. The third-order valence-electron chi connectivity index (χ3n) is 4.15. The monoisotopic (exact) mass is 458 g/mol. The summed E-state index contributed by atoms with van der Waals surface area (Å²) in [5.74, 6) is -3.09. The highest BCUT2D eigenvalue weighted by atomic mass is 79.9. The number of hydrogen-bond donors (Lipinski definition) is 4. The van der Waals surface area contributed by atoms with E-state index in [4.69, 9.17) is 10.5 Å². The van der Waals surface area contributed by atoms with Crippen molar-refractivity contribution in [1.29, 1.82) is 0 Å². The Kier molecular flexibility index (Phi) is 5.69. The van der Waals surface area contributed by atoms with Crippen LogP contribution in [0.15, 0.2) is 57.8 Å². The van der Waals surface area contributed by atoms with E-state index in [-0.39, 0.29) is 17.7 Å². The second kappa shape index (κ2) is 8.19. The number of hydrogen-bond acceptors (Lipinski definition) is 5. The molecular formula is C20H15BrN2O6. The molecule has 3 rings (SSSR count). The van der Waals surface area contributed by atoms with Crippen LogP contribution >= 0.6 is 15.9 Å². The maximum Gasteiger partial charge on any atom is 0.342 e. The van der Waals surface area contributed by atoms with Crippen LogP contribution in [0.5, 0.6) is 5.75 Å². The molecule has 0 aliphatic carbocycles. The molecule has 0 saturated carbocycles. The van der Waals surface area contributed by atoms with Crippen molar-refractivity contribution in [2.45, 2.75) is 6.61 Å². The molecule has 3 aromatic rings. The van der Waals surface area contributed by atoms with Crippen molar-refractivity contribution in [2.75, 3.05) is 5.73 Å². The minimum atomic E-state index is -1.57. The first-order valence-corrected chi connectivity index (χ1v) is 9.08. The number of benzene rings is 2. The molecule has 0 unspecified atom stereocenters. The summed E-state index contributed by atoms with van der Waals surface area (Å²) < 4.78 is 6.62. The van der Waals surface area contributed by atoms with Gasteiger partial charge in [0.15, 0.2) is 0 Å². The SMILES string of the molecule is Nc1[nH]c(=O)c(C(=O)O)c(-c2cccc(OCc3ccccc3Br)c2)c1C(=O)O. The van der Waals surface area contributed by atoms with Crippen LogP contribution in [0.25, 0.3) is 11.1 Å². The quantitative estimate of drug-likeness (QED) is 0.443. The fourth-order valence-electron chi connectivity index (χ4n) is 2.85. The number of carbonyl (C=O) groups is 2. The van der Waals surface area contributed by atoms with Gasteiger partial charge >= 0.3 is 11.9 Å². The number of aromatic nitrogens is 1. The van der Waals surface area contributed by atoms with E-state index < -0.39 is 34.4 Å². The van der Waals surface area contributed by atoms with Crippen LogP contribution < -0.4 is 16.0 Å². The number of halogens is 1. The van der Waals surface area contributed by atoms with Gasteiger partial charge < -0.3 is 25.7 Å². The lowest BCUT2D eigenvalue weighted by Gasteiger charge is -2.14. The Morgan fingerprint density at radius 2 is 1.72 bits per heavy atom. The van der Waals surface area contributed by atoms with Crippen LogP contribution in [0.4, 0.5) is 5.82 Å². The fraction of sp³-hybridized carbons (Fsp3) is 0.0500. The Labute approximate surface area is 172 Å². The Balaban J connectivity index is 2.09. The summed E-state index contributed by atoms with van der Waals surface area (Å²) in [5.41, 5.74) is 4.25. The van der Waals surface area contributed by atoms with E-state index in [1.54, 1.807) is 12.1 Å². The molecule has 2 aromatic carbocycles. The van der Waals surface area contributed by atoms with E-state index in [0.29, 0.717) is 5.75 Å². The summed E-state index contributed by atoms with van der Waals surface area (Å²) in [6, 6.07) is 13.6. The van der Waals surface area contributed by atoms with Crippen LogP contribution in [0.3, 0.4) is 0 Å². The van der Waals surface area contributed by atoms with Crippen LogP contribution in [-0.4, -0.2) is 27.1 Å². The maximum absolute atomic E-state index is 12.1. The molecule has 8 nitrogen and oxygen atoms in total. The van der Waals surface area contributed by atoms with Crippen molar-refractivity contribution in [2.24, 2.45) is 0 Å². The number of aromatic amines is 1. The van der Waals surface area contributed by atoms with E-state index in [2.05, 4.69) is 20.9 Å². The van der Waals surface area contributed by atoms with Crippen molar-refractivity contribution < 1.29 is 24.5 Å².